The number of carbonyl (C=O) groups is 2. The molecule has 1 saturated heterocycles. The number of nitrogens with one attached hydrogen (secondary N) is 3. The van der Waals surface area contributed by atoms with Crippen molar-refractivity contribution in [3.05, 3.63) is 71.7 Å². The highest BCUT2D eigenvalue weighted by atomic mass is 19.1. The number of halogens is 2. The summed E-state index contributed by atoms with van der Waals surface area (Å²) in [6.07, 6.45) is 4.91. The number of hydrogen-bond donors (Lipinski definition) is 3. The Balaban J connectivity index is 1.51. The third kappa shape index (κ3) is 4.54. The van der Waals surface area contributed by atoms with E-state index in [-0.39, 0.29) is 24.4 Å². The van der Waals surface area contributed by atoms with Crippen molar-refractivity contribution in [2.45, 2.75) is 32.2 Å². The van der Waals surface area contributed by atoms with Crippen LogP contribution in [0.5, 0.6) is 5.75 Å². The summed E-state index contributed by atoms with van der Waals surface area (Å²) in [5.74, 6) is -1.86. The van der Waals surface area contributed by atoms with Crippen LogP contribution in [0.1, 0.15) is 35.0 Å². The largest absolute Gasteiger partial charge is 0.489 e. The van der Waals surface area contributed by atoms with E-state index in [4.69, 9.17) is 4.74 Å². The van der Waals surface area contributed by atoms with Crippen LogP contribution in [0, 0.1) is 5.82 Å². The van der Waals surface area contributed by atoms with Gasteiger partial charge in [0.1, 0.15) is 18.2 Å². The number of likely N-dealkylation sites (tertiary alicyclic amines) is 1. The number of rotatable bonds is 8. The summed E-state index contributed by atoms with van der Waals surface area (Å²) in [7, 11) is 0. The fourth-order valence-electron chi connectivity index (χ4n) is 4.80. The van der Waals surface area contributed by atoms with Crippen LogP contribution in [-0.4, -0.2) is 52.4 Å². The van der Waals surface area contributed by atoms with Crippen molar-refractivity contribution in [3.8, 4) is 17.0 Å². The third-order valence-electron chi connectivity index (χ3n) is 6.82. The van der Waals surface area contributed by atoms with Crippen molar-refractivity contribution in [1.29, 1.82) is 0 Å². The summed E-state index contributed by atoms with van der Waals surface area (Å²) in [6.45, 7) is 6.04. The number of carbonyl (C=O) groups excluding carboxylic acids is 2. The number of hydrogen-bond acceptors (Lipinski definition) is 5. The van der Waals surface area contributed by atoms with Gasteiger partial charge in [0, 0.05) is 48.2 Å². The second kappa shape index (κ2) is 10.0. The number of H-pyrrole nitrogens is 1. The lowest BCUT2D eigenvalue weighted by Crippen LogP contribution is -2.54. The predicted octanol–water partition coefficient (Wildman–Crippen LogP) is 4.27. The van der Waals surface area contributed by atoms with Crippen molar-refractivity contribution in [1.82, 2.24) is 20.2 Å². The lowest BCUT2D eigenvalue weighted by molar-refractivity contribution is -0.137. The summed E-state index contributed by atoms with van der Waals surface area (Å²) in [5, 5.41) is 6.18. The Labute approximate surface area is 212 Å². The molecule has 1 fully saturated rings. The molecule has 0 unspecified atom stereocenters. The Kier molecular flexibility index (Phi) is 6.64. The highest BCUT2D eigenvalue weighted by Crippen LogP contribution is 2.41. The molecule has 0 radical (unpaired) electrons. The number of benzene rings is 1. The molecule has 2 aromatic heterocycles. The zero-order chi connectivity index (χ0) is 26.1. The van der Waals surface area contributed by atoms with Gasteiger partial charge in [-0.3, -0.25) is 14.6 Å². The Morgan fingerprint density at radius 2 is 2.19 bits per heavy atom. The molecule has 5 rings (SSSR count). The summed E-state index contributed by atoms with van der Waals surface area (Å²) in [4.78, 5) is 33.8. The third-order valence-corrected chi connectivity index (χ3v) is 6.82. The first kappa shape index (κ1) is 24.5. The number of fused-ring (bicyclic) bond motifs is 1. The van der Waals surface area contributed by atoms with Crippen molar-refractivity contribution < 1.29 is 23.1 Å². The van der Waals surface area contributed by atoms with E-state index in [1.807, 2.05) is 6.92 Å². The van der Waals surface area contributed by atoms with Gasteiger partial charge < -0.3 is 25.3 Å². The molecule has 0 saturated carbocycles. The van der Waals surface area contributed by atoms with Gasteiger partial charge in [0.15, 0.2) is 5.83 Å². The SMILES string of the molecule is C=C(F)C(=O)N1CC[C@@H]1COc1cnccc1-c1[nH]c2c(c1Nc1cccc(F)c1CC)C(=O)NCC2. The summed E-state index contributed by atoms with van der Waals surface area (Å²) in [5.41, 5.74) is 4.05. The van der Waals surface area contributed by atoms with Crippen LogP contribution in [0.25, 0.3) is 11.3 Å². The van der Waals surface area contributed by atoms with Crippen molar-refractivity contribution in [3.63, 3.8) is 0 Å². The first-order valence-electron chi connectivity index (χ1n) is 12.2. The van der Waals surface area contributed by atoms with Gasteiger partial charge in [0.25, 0.3) is 11.8 Å². The number of amides is 2. The van der Waals surface area contributed by atoms with E-state index in [0.717, 1.165) is 5.69 Å². The van der Waals surface area contributed by atoms with Crippen molar-refractivity contribution in [2.75, 3.05) is 25.0 Å². The first-order valence-corrected chi connectivity index (χ1v) is 12.2. The zero-order valence-electron chi connectivity index (χ0n) is 20.4. The zero-order valence-corrected chi connectivity index (χ0v) is 20.4. The van der Waals surface area contributed by atoms with Gasteiger partial charge in [-0.25, -0.2) is 8.78 Å². The van der Waals surface area contributed by atoms with Gasteiger partial charge in [0.2, 0.25) is 0 Å². The molecule has 1 atom stereocenters. The number of pyridine rings is 1. The van der Waals surface area contributed by atoms with Gasteiger partial charge >= 0.3 is 0 Å². The molecule has 37 heavy (non-hydrogen) atoms. The highest BCUT2D eigenvalue weighted by Gasteiger charge is 2.34. The van der Waals surface area contributed by atoms with E-state index in [1.165, 1.54) is 11.0 Å². The summed E-state index contributed by atoms with van der Waals surface area (Å²) >= 11 is 0. The minimum atomic E-state index is -0.999. The molecule has 1 aromatic carbocycles. The van der Waals surface area contributed by atoms with Gasteiger partial charge in [-0.05, 0) is 31.0 Å². The van der Waals surface area contributed by atoms with E-state index in [0.29, 0.717) is 71.9 Å². The number of aromatic amines is 1. The van der Waals surface area contributed by atoms with Gasteiger partial charge in [-0.1, -0.05) is 19.6 Å². The van der Waals surface area contributed by atoms with E-state index >= 15 is 0 Å². The minimum Gasteiger partial charge on any atom is -0.489 e. The highest BCUT2D eigenvalue weighted by molar-refractivity contribution is 6.06. The van der Waals surface area contributed by atoms with E-state index in [9.17, 15) is 18.4 Å². The predicted molar refractivity (Wildman–Crippen MR) is 135 cm³/mol. The van der Waals surface area contributed by atoms with E-state index < -0.39 is 11.7 Å². The molecule has 2 amide bonds. The van der Waals surface area contributed by atoms with E-state index in [2.05, 4.69) is 27.2 Å². The Morgan fingerprint density at radius 1 is 1.35 bits per heavy atom. The van der Waals surface area contributed by atoms with Crippen LogP contribution in [0.3, 0.4) is 0 Å². The number of anilines is 2. The Bertz CT molecular complexity index is 1390. The quantitative estimate of drug-likeness (QED) is 0.396. The molecule has 0 spiro atoms. The Morgan fingerprint density at radius 3 is 2.92 bits per heavy atom. The smallest absolute Gasteiger partial charge is 0.282 e. The van der Waals surface area contributed by atoms with Crippen LogP contribution in [0.15, 0.2) is 49.1 Å². The monoisotopic (exact) mass is 507 g/mol. The van der Waals surface area contributed by atoms with Gasteiger partial charge in [-0.2, -0.15) is 0 Å². The van der Waals surface area contributed by atoms with Gasteiger partial charge in [-0.15, -0.1) is 0 Å². The normalized spacial score (nSPS) is 16.5. The maximum Gasteiger partial charge on any atom is 0.282 e. The van der Waals surface area contributed by atoms with Gasteiger partial charge in [0.05, 0.1) is 29.2 Å². The van der Waals surface area contributed by atoms with E-state index in [1.54, 1.807) is 30.6 Å². The molecule has 4 heterocycles. The van der Waals surface area contributed by atoms with Crippen LogP contribution < -0.4 is 15.4 Å². The Hall–Kier alpha value is -4.21. The van der Waals surface area contributed by atoms with Crippen LogP contribution in [-0.2, 0) is 17.6 Å². The topological polar surface area (TPSA) is 99.3 Å². The van der Waals surface area contributed by atoms with Crippen LogP contribution >= 0.6 is 0 Å². The average Bonchev–Trinajstić information content (AvgIpc) is 3.23. The molecule has 3 N–H and O–H groups in total. The number of ether oxygens (including phenoxy) is 1. The molecule has 10 heteroatoms. The van der Waals surface area contributed by atoms with Crippen LogP contribution in [0.2, 0.25) is 0 Å². The lowest BCUT2D eigenvalue weighted by atomic mass is 10.0. The molecule has 0 aliphatic carbocycles. The molecule has 192 valence electrons. The molecular formula is C27H27F2N5O3. The van der Waals surface area contributed by atoms with Crippen molar-refractivity contribution >= 4 is 23.2 Å². The molecule has 2 aliphatic rings. The molecule has 2 aliphatic heterocycles. The fourth-order valence-corrected chi connectivity index (χ4v) is 4.80. The molecule has 8 nitrogen and oxygen atoms in total. The second-order valence-corrected chi connectivity index (χ2v) is 9.01. The standard InChI is InChI=1S/C27H27F2N5O3/c1-3-17-19(29)5-4-6-20(17)32-25-23-21(8-11-31-26(23)35)33-24(25)18-7-10-30-13-22(18)37-14-16-9-12-34(16)27(36)15(2)28/h4-7,10,13,16,32-33H,2-3,8-9,11-12,14H2,1H3,(H,31,35)/t16-/m1/s1. The fraction of sp³-hybridized carbons (Fsp3) is 0.296. The molecular weight excluding hydrogens is 480 g/mol. The first-order chi connectivity index (χ1) is 17.9. The average molecular weight is 508 g/mol. The maximum absolute atomic E-state index is 14.5. The lowest BCUT2D eigenvalue weighted by Gasteiger charge is -2.40. The maximum atomic E-state index is 14.5. The number of aromatic nitrogens is 2. The molecule has 3 aromatic rings. The van der Waals surface area contributed by atoms with Crippen molar-refractivity contribution in [2.24, 2.45) is 0 Å². The second-order valence-electron chi connectivity index (χ2n) is 9.01. The minimum absolute atomic E-state index is 0.144. The number of nitrogens with zero attached hydrogens (tertiary/aromatic N) is 2. The van der Waals surface area contributed by atoms with Crippen LogP contribution in [0.4, 0.5) is 20.2 Å². The molecule has 0 bridgehead atoms. The summed E-state index contributed by atoms with van der Waals surface area (Å²) < 4.78 is 33.9. The summed E-state index contributed by atoms with van der Waals surface area (Å²) in [6, 6.07) is 6.28.